The Hall–Kier alpha value is -2.51. The Labute approximate surface area is 164 Å². The van der Waals surface area contributed by atoms with Crippen LogP contribution in [0.15, 0.2) is 58.6 Å². The minimum atomic E-state index is -0.516. The van der Waals surface area contributed by atoms with E-state index in [1.165, 1.54) is 11.0 Å². The molecule has 0 atom stereocenters. The van der Waals surface area contributed by atoms with Crippen molar-refractivity contribution in [2.24, 2.45) is 0 Å². The lowest BCUT2D eigenvalue weighted by Gasteiger charge is -2.28. The molecule has 1 fully saturated rings. The van der Waals surface area contributed by atoms with Crippen molar-refractivity contribution in [3.8, 4) is 5.75 Å². The van der Waals surface area contributed by atoms with Crippen molar-refractivity contribution in [1.29, 1.82) is 0 Å². The largest absolute Gasteiger partial charge is 0.493 e. The molecule has 0 unspecified atom stereocenters. The van der Waals surface area contributed by atoms with Crippen LogP contribution in [-0.4, -0.2) is 23.5 Å². The van der Waals surface area contributed by atoms with Crippen LogP contribution in [0.25, 0.3) is 6.08 Å². The van der Waals surface area contributed by atoms with E-state index >= 15 is 0 Å². The Morgan fingerprint density at radius 2 is 1.92 bits per heavy atom. The van der Waals surface area contributed by atoms with E-state index in [2.05, 4.69) is 21.2 Å². The highest BCUT2D eigenvalue weighted by Gasteiger charge is 2.34. The van der Waals surface area contributed by atoms with Crippen molar-refractivity contribution >= 4 is 56.8 Å². The fourth-order valence-corrected chi connectivity index (χ4v) is 3.31. The SMILES string of the molecule is CCOc1ccc(/C=C2/C(=O)NC(=S)N(c3ccccc3)C2=O)cc1Br. The maximum atomic E-state index is 12.9. The van der Waals surface area contributed by atoms with Crippen LogP contribution in [0.1, 0.15) is 12.5 Å². The summed E-state index contributed by atoms with van der Waals surface area (Å²) in [6.45, 7) is 2.44. The number of nitrogens with zero attached hydrogens (tertiary/aromatic N) is 1. The van der Waals surface area contributed by atoms with E-state index in [4.69, 9.17) is 17.0 Å². The zero-order chi connectivity index (χ0) is 18.7. The van der Waals surface area contributed by atoms with Crippen molar-refractivity contribution in [3.63, 3.8) is 0 Å². The second-order valence-corrected chi connectivity index (χ2v) is 6.66. The van der Waals surface area contributed by atoms with Gasteiger partial charge in [-0.1, -0.05) is 24.3 Å². The van der Waals surface area contributed by atoms with Crippen LogP contribution in [0.5, 0.6) is 5.75 Å². The highest BCUT2D eigenvalue weighted by atomic mass is 79.9. The van der Waals surface area contributed by atoms with E-state index in [1.54, 1.807) is 42.5 Å². The van der Waals surface area contributed by atoms with Gasteiger partial charge in [-0.15, -0.1) is 0 Å². The van der Waals surface area contributed by atoms with Crippen LogP contribution in [0.3, 0.4) is 0 Å². The highest BCUT2D eigenvalue weighted by Crippen LogP contribution is 2.28. The number of para-hydroxylation sites is 1. The lowest BCUT2D eigenvalue weighted by molar-refractivity contribution is -0.122. The predicted octanol–water partition coefficient (Wildman–Crippen LogP) is 3.68. The number of halogens is 1. The molecular formula is C19H15BrN2O3S. The molecular weight excluding hydrogens is 416 g/mol. The lowest BCUT2D eigenvalue weighted by Crippen LogP contribution is -2.54. The van der Waals surface area contributed by atoms with E-state index in [0.717, 1.165) is 4.47 Å². The summed E-state index contributed by atoms with van der Waals surface area (Å²) in [7, 11) is 0. The Balaban J connectivity index is 1.97. The fraction of sp³-hybridized carbons (Fsp3) is 0.105. The summed E-state index contributed by atoms with van der Waals surface area (Å²) >= 11 is 8.60. The third-order valence-corrected chi connectivity index (χ3v) is 4.59. The Morgan fingerprint density at radius 3 is 2.58 bits per heavy atom. The van der Waals surface area contributed by atoms with Gasteiger partial charge in [-0.2, -0.15) is 0 Å². The zero-order valence-corrected chi connectivity index (χ0v) is 16.3. The van der Waals surface area contributed by atoms with Gasteiger partial charge >= 0.3 is 0 Å². The van der Waals surface area contributed by atoms with E-state index in [9.17, 15) is 9.59 Å². The van der Waals surface area contributed by atoms with Gasteiger partial charge in [-0.25, -0.2) is 0 Å². The first-order valence-corrected chi connectivity index (χ1v) is 9.10. The van der Waals surface area contributed by atoms with Gasteiger partial charge in [0.25, 0.3) is 11.8 Å². The van der Waals surface area contributed by atoms with Crippen molar-refractivity contribution in [2.75, 3.05) is 11.5 Å². The average Bonchev–Trinajstić information content (AvgIpc) is 2.62. The van der Waals surface area contributed by atoms with Crippen molar-refractivity contribution in [3.05, 3.63) is 64.1 Å². The molecule has 1 aliphatic heterocycles. The first-order chi connectivity index (χ1) is 12.5. The van der Waals surface area contributed by atoms with Gasteiger partial charge < -0.3 is 4.74 Å². The Morgan fingerprint density at radius 1 is 1.19 bits per heavy atom. The first kappa shape index (κ1) is 18.3. The van der Waals surface area contributed by atoms with Gasteiger partial charge in [-0.3, -0.25) is 19.8 Å². The van der Waals surface area contributed by atoms with Crippen LogP contribution in [0.2, 0.25) is 0 Å². The molecule has 3 rings (SSSR count). The molecule has 0 aromatic heterocycles. The summed E-state index contributed by atoms with van der Waals surface area (Å²) < 4.78 is 6.22. The Bertz CT molecular complexity index is 912. The number of thiocarbonyl (C=S) groups is 1. The molecule has 0 aliphatic carbocycles. The fourth-order valence-electron chi connectivity index (χ4n) is 2.52. The lowest BCUT2D eigenvalue weighted by atomic mass is 10.1. The van der Waals surface area contributed by atoms with Gasteiger partial charge in [0.05, 0.1) is 16.8 Å². The average molecular weight is 431 g/mol. The maximum absolute atomic E-state index is 12.9. The topological polar surface area (TPSA) is 58.6 Å². The van der Waals surface area contributed by atoms with Crippen LogP contribution in [-0.2, 0) is 9.59 Å². The van der Waals surface area contributed by atoms with Crippen molar-refractivity contribution in [2.45, 2.75) is 6.92 Å². The molecule has 1 aliphatic rings. The first-order valence-electron chi connectivity index (χ1n) is 7.90. The molecule has 26 heavy (non-hydrogen) atoms. The van der Waals surface area contributed by atoms with E-state index in [0.29, 0.717) is 23.6 Å². The predicted molar refractivity (Wildman–Crippen MR) is 108 cm³/mol. The molecule has 132 valence electrons. The summed E-state index contributed by atoms with van der Waals surface area (Å²) in [5.74, 6) is -0.284. The number of ether oxygens (including phenoxy) is 1. The smallest absolute Gasteiger partial charge is 0.270 e. The number of hydrogen-bond acceptors (Lipinski definition) is 4. The van der Waals surface area contributed by atoms with Gasteiger partial charge in [-0.05, 0) is 71.0 Å². The van der Waals surface area contributed by atoms with Crippen LogP contribution in [0.4, 0.5) is 5.69 Å². The summed E-state index contributed by atoms with van der Waals surface area (Å²) in [6, 6.07) is 14.3. The molecule has 0 saturated carbocycles. The molecule has 0 bridgehead atoms. The number of benzene rings is 2. The zero-order valence-electron chi connectivity index (χ0n) is 13.9. The van der Waals surface area contributed by atoms with Gasteiger partial charge in [0, 0.05) is 0 Å². The third kappa shape index (κ3) is 3.68. The number of nitrogens with one attached hydrogen (secondary N) is 1. The van der Waals surface area contributed by atoms with Gasteiger partial charge in [0.15, 0.2) is 5.11 Å². The molecule has 7 heteroatoms. The number of carbonyl (C=O) groups is 2. The van der Waals surface area contributed by atoms with Crippen LogP contribution >= 0.6 is 28.1 Å². The molecule has 2 aromatic rings. The number of rotatable bonds is 4. The second kappa shape index (κ2) is 7.80. The second-order valence-electron chi connectivity index (χ2n) is 5.42. The molecule has 0 radical (unpaired) electrons. The van der Waals surface area contributed by atoms with E-state index in [1.807, 2.05) is 13.0 Å². The molecule has 2 aromatic carbocycles. The summed E-state index contributed by atoms with van der Waals surface area (Å²) in [4.78, 5) is 26.5. The highest BCUT2D eigenvalue weighted by molar-refractivity contribution is 9.10. The van der Waals surface area contributed by atoms with Crippen LogP contribution in [0, 0.1) is 0 Å². The molecule has 1 saturated heterocycles. The molecule has 0 spiro atoms. The molecule has 1 N–H and O–H groups in total. The minimum Gasteiger partial charge on any atom is -0.493 e. The van der Waals surface area contributed by atoms with Crippen LogP contribution < -0.4 is 15.0 Å². The number of amides is 2. The summed E-state index contributed by atoms with van der Waals surface area (Å²) in [5, 5.41) is 2.63. The molecule has 2 amide bonds. The number of anilines is 1. The molecule has 5 nitrogen and oxygen atoms in total. The van der Waals surface area contributed by atoms with Gasteiger partial charge in [0.1, 0.15) is 11.3 Å². The Kier molecular flexibility index (Phi) is 5.49. The monoisotopic (exact) mass is 430 g/mol. The van der Waals surface area contributed by atoms with Crippen molar-refractivity contribution < 1.29 is 14.3 Å². The number of hydrogen-bond donors (Lipinski definition) is 1. The normalized spacial score (nSPS) is 16.0. The number of carbonyl (C=O) groups excluding carboxylic acids is 2. The standard InChI is InChI=1S/C19H15BrN2O3S/c1-2-25-16-9-8-12(11-15(16)20)10-14-17(23)21-19(26)22(18(14)24)13-6-4-3-5-7-13/h3-11H,2H2,1H3,(H,21,23,26)/b14-10-. The van der Waals surface area contributed by atoms with Crippen molar-refractivity contribution in [1.82, 2.24) is 5.32 Å². The maximum Gasteiger partial charge on any atom is 0.270 e. The quantitative estimate of drug-likeness (QED) is 0.456. The van der Waals surface area contributed by atoms with E-state index in [-0.39, 0.29) is 10.7 Å². The minimum absolute atomic E-state index is 0.0125. The summed E-state index contributed by atoms with van der Waals surface area (Å²) in [6.07, 6.45) is 1.54. The molecule has 1 heterocycles. The summed E-state index contributed by atoms with van der Waals surface area (Å²) in [5.41, 5.74) is 1.31. The van der Waals surface area contributed by atoms with E-state index < -0.39 is 11.8 Å². The van der Waals surface area contributed by atoms with Gasteiger partial charge in [0.2, 0.25) is 0 Å². The third-order valence-electron chi connectivity index (χ3n) is 3.68.